The van der Waals surface area contributed by atoms with Gasteiger partial charge in [-0.2, -0.15) is 0 Å². The molecule has 21 heavy (non-hydrogen) atoms. The number of carbonyl (C=O) groups is 1. The second kappa shape index (κ2) is 5.49. The van der Waals surface area contributed by atoms with Crippen LogP contribution in [0.15, 0.2) is 62.3 Å². The van der Waals surface area contributed by atoms with Gasteiger partial charge in [0.05, 0.1) is 0 Å². The summed E-state index contributed by atoms with van der Waals surface area (Å²) >= 11 is 3.26. The molecule has 0 aliphatic rings. The van der Waals surface area contributed by atoms with Crippen LogP contribution < -0.4 is 10.9 Å². The Balaban J connectivity index is 1.95. The molecule has 1 aromatic carbocycles. The molecule has 0 bridgehead atoms. The summed E-state index contributed by atoms with van der Waals surface area (Å²) in [7, 11) is 0. The number of anilines is 1. The van der Waals surface area contributed by atoms with Gasteiger partial charge in [0, 0.05) is 16.1 Å². The van der Waals surface area contributed by atoms with Gasteiger partial charge in [0.2, 0.25) is 0 Å². The van der Waals surface area contributed by atoms with Gasteiger partial charge in [-0.05, 0) is 40.2 Å². The molecule has 0 spiro atoms. The number of aromatic nitrogens is 1. The van der Waals surface area contributed by atoms with E-state index in [1.165, 1.54) is 6.07 Å². The summed E-state index contributed by atoms with van der Waals surface area (Å²) in [4.78, 5) is 28.0. The number of benzene rings is 1. The van der Waals surface area contributed by atoms with Crippen molar-refractivity contribution < 1.29 is 9.21 Å². The van der Waals surface area contributed by atoms with E-state index in [1.54, 1.807) is 42.6 Å². The molecular weight excluding hydrogens is 336 g/mol. The van der Waals surface area contributed by atoms with Crippen LogP contribution in [0, 0.1) is 0 Å². The molecule has 0 aliphatic carbocycles. The number of amides is 1. The zero-order valence-corrected chi connectivity index (χ0v) is 12.3. The van der Waals surface area contributed by atoms with Crippen LogP contribution in [-0.4, -0.2) is 10.9 Å². The lowest BCUT2D eigenvalue weighted by Gasteiger charge is -2.04. The quantitative estimate of drug-likeness (QED) is 0.724. The van der Waals surface area contributed by atoms with Crippen molar-refractivity contribution in [1.82, 2.24) is 4.98 Å². The van der Waals surface area contributed by atoms with Crippen LogP contribution in [0.1, 0.15) is 10.4 Å². The van der Waals surface area contributed by atoms with Crippen LogP contribution in [0.4, 0.5) is 5.82 Å². The average Bonchev–Trinajstić information content (AvgIpc) is 2.49. The summed E-state index contributed by atoms with van der Waals surface area (Å²) in [5, 5.41) is 3.25. The first-order chi connectivity index (χ1) is 10.1. The Morgan fingerprint density at radius 2 is 2.00 bits per heavy atom. The summed E-state index contributed by atoms with van der Waals surface area (Å²) < 4.78 is 5.92. The molecule has 2 aromatic heterocycles. The van der Waals surface area contributed by atoms with E-state index in [0.717, 1.165) is 4.47 Å². The van der Waals surface area contributed by atoms with Crippen molar-refractivity contribution in [2.75, 3.05) is 5.32 Å². The molecule has 0 atom stereocenters. The van der Waals surface area contributed by atoms with Crippen LogP contribution >= 0.6 is 15.9 Å². The highest BCUT2D eigenvalue weighted by atomic mass is 79.9. The normalized spacial score (nSPS) is 10.5. The Morgan fingerprint density at radius 3 is 2.76 bits per heavy atom. The van der Waals surface area contributed by atoms with Gasteiger partial charge < -0.3 is 9.73 Å². The molecule has 0 unspecified atom stereocenters. The third-order valence-corrected chi connectivity index (χ3v) is 3.32. The molecule has 104 valence electrons. The van der Waals surface area contributed by atoms with Crippen molar-refractivity contribution in [3.05, 3.63) is 69.1 Å². The van der Waals surface area contributed by atoms with E-state index >= 15 is 0 Å². The number of rotatable bonds is 2. The minimum atomic E-state index is -0.677. The number of para-hydroxylation sites is 1. The van der Waals surface area contributed by atoms with Gasteiger partial charge in [-0.1, -0.05) is 18.2 Å². The predicted molar refractivity (Wildman–Crippen MR) is 82.4 cm³/mol. The number of hydrogen-bond donors (Lipinski definition) is 1. The van der Waals surface area contributed by atoms with Gasteiger partial charge in [-0.25, -0.2) is 9.78 Å². The van der Waals surface area contributed by atoms with Crippen molar-refractivity contribution >= 4 is 38.6 Å². The summed E-state index contributed by atoms with van der Waals surface area (Å²) in [6, 6.07) is 11.9. The number of nitrogens with zero attached hydrogens (tertiary/aromatic N) is 1. The van der Waals surface area contributed by atoms with Crippen molar-refractivity contribution in [1.29, 1.82) is 0 Å². The van der Waals surface area contributed by atoms with Gasteiger partial charge >= 0.3 is 5.63 Å². The van der Waals surface area contributed by atoms with Crippen LogP contribution in [-0.2, 0) is 0 Å². The van der Waals surface area contributed by atoms with E-state index in [0.29, 0.717) is 16.8 Å². The molecule has 0 saturated heterocycles. The average molecular weight is 345 g/mol. The zero-order chi connectivity index (χ0) is 14.8. The number of carbonyl (C=O) groups excluding carboxylic acids is 1. The Morgan fingerprint density at radius 1 is 1.19 bits per heavy atom. The SMILES string of the molecule is O=C(Nc1ccc(Br)cn1)c1cc2ccccc2oc1=O. The topological polar surface area (TPSA) is 72.2 Å². The number of halogens is 1. The number of pyridine rings is 1. The van der Waals surface area contributed by atoms with E-state index in [9.17, 15) is 9.59 Å². The summed E-state index contributed by atoms with van der Waals surface area (Å²) in [5.74, 6) is -0.194. The van der Waals surface area contributed by atoms with Crippen LogP contribution in [0.3, 0.4) is 0 Å². The number of nitrogens with one attached hydrogen (secondary N) is 1. The van der Waals surface area contributed by atoms with E-state index in [-0.39, 0.29) is 5.56 Å². The molecular formula is C15H9BrN2O3. The molecule has 3 rings (SSSR count). The molecule has 0 radical (unpaired) electrons. The molecule has 1 N–H and O–H groups in total. The predicted octanol–water partition coefficient (Wildman–Crippen LogP) is 3.20. The lowest BCUT2D eigenvalue weighted by atomic mass is 10.2. The van der Waals surface area contributed by atoms with E-state index < -0.39 is 11.5 Å². The third kappa shape index (κ3) is 2.85. The van der Waals surface area contributed by atoms with Crippen molar-refractivity contribution in [3.63, 3.8) is 0 Å². The Hall–Kier alpha value is -2.47. The highest BCUT2D eigenvalue weighted by molar-refractivity contribution is 9.10. The fourth-order valence-electron chi connectivity index (χ4n) is 1.85. The maximum atomic E-state index is 12.1. The second-order valence-electron chi connectivity index (χ2n) is 4.30. The standard InChI is InChI=1S/C15H9BrN2O3/c16-10-5-6-13(17-8-10)18-14(19)11-7-9-3-1-2-4-12(9)21-15(11)20/h1-8H,(H,17,18,19). The summed E-state index contributed by atoms with van der Waals surface area (Å²) in [6.45, 7) is 0. The highest BCUT2D eigenvalue weighted by Gasteiger charge is 2.14. The van der Waals surface area contributed by atoms with Crippen molar-refractivity contribution in [2.45, 2.75) is 0 Å². The molecule has 6 heteroatoms. The molecule has 1 amide bonds. The maximum absolute atomic E-state index is 12.1. The smallest absolute Gasteiger partial charge is 0.349 e. The molecule has 0 saturated carbocycles. The van der Waals surface area contributed by atoms with Crippen LogP contribution in [0.2, 0.25) is 0 Å². The van der Waals surface area contributed by atoms with Crippen LogP contribution in [0.25, 0.3) is 11.0 Å². The van der Waals surface area contributed by atoms with E-state index in [1.807, 2.05) is 0 Å². The van der Waals surface area contributed by atoms with Crippen molar-refractivity contribution in [3.8, 4) is 0 Å². The second-order valence-corrected chi connectivity index (χ2v) is 5.22. The first-order valence-electron chi connectivity index (χ1n) is 6.09. The van der Waals surface area contributed by atoms with Gasteiger partial charge in [0.15, 0.2) is 0 Å². The lowest BCUT2D eigenvalue weighted by molar-refractivity contribution is 0.102. The maximum Gasteiger partial charge on any atom is 0.349 e. The third-order valence-electron chi connectivity index (χ3n) is 2.86. The lowest BCUT2D eigenvalue weighted by Crippen LogP contribution is -2.21. The fourth-order valence-corrected chi connectivity index (χ4v) is 2.09. The minimum absolute atomic E-state index is 0.0570. The molecule has 3 aromatic rings. The van der Waals surface area contributed by atoms with Gasteiger partial charge in [-0.3, -0.25) is 4.79 Å². The summed E-state index contributed by atoms with van der Waals surface area (Å²) in [5.41, 5.74) is -0.289. The van der Waals surface area contributed by atoms with Gasteiger partial charge in [0.25, 0.3) is 5.91 Å². The van der Waals surface area contributed by atoms with Gasteiger partial charge in [-0.15, -0.1) is 0 Å². The highest BCUT2D eigenvalue weighted by Crippen LogP contribution is 2.14. The number of fused-ring (bicyclic) bond motifs is 1. The monoisotopic (exact) mass is 344 g/mol. The van der Waals surface area contributed by atoms with Gasteiger partial charge in [0.1, 0.15) is 17.0 Å². The van der Waals surface area contributed by atoms with Crippen LogP contribution in [0.5, 0.6) is 0 Å². The summed E-state index contributed by atoms with van der Waals surface area (Å²) in [6.07, 6.45) is 1.55. The minimum Gasteiger partial charge on any atom is -0.422 e. The number of hydrogen-bond acceptors (Lipinski definition) is 4. The molecule has 0 aliphatic heterocycles. The Labute approximate surface area is 127 Å². The molecule has 5 nitrogen and oxygen atoms in total. The Bertz CT molecular complexity index is 872. The van der Waals surface area contributed by atoms with Crippen molar-refractivity contribution in [2.24, 2.45) is 0 Å². The first kappa shape index (κ1) is 13.5. The fraction of sp³-hybridized carbons (Fsp3) is 0. The zero-order valence-electron chi connectivity index (χ0n) is 10.7. The first-order valence-corrected chi connectivity index (χ1v) is 6.88. The molecule has 0 fully saturated rings. The largest absolute Gasteiger partial charge is 0.422 e. The van der Waals surface area contributed by atoms with E-state index in [4.69, 9.17) is 4.42 Å². The van der Waals surface area contributed by atoms with E-state index in [2.05, 4.69) is 26.2 Å². The Kier molecular flexibility index (Phi) is 3.53. The molecule has 2 heterocycles.